The number of rotatable bonds is 6. The predicted octanol–water partition coefficient (Wildman–Crippen LogP) is 2.50. The van der Waals surface area contributed by atoms with E-state index in [9.17, 15) is 4.79 Å². The Hall–Kier alpha value is -1.92. The number of hydrogen-bond acceptors (Lipinski definition) is 5. The van der Waals surface area contributed by atoms with Gasteiger partial charge >= 0.3 is 5.97 Å². The molecule has 1 aromatic carbocycles. The minimum Gasteiger partial charge on any atom is -0.493 e. The molecule has 1 aliphatic heterocycles. The van der Waals surface area contributed by atoms with Crippen LogP contribution in [-0.2, 0) is 19.4 Å². The molecule has 116 valence electrons. The van der Waals surface area contributed by atoms with Gasteiger partial charge in [0.1, 0.15) is 5.75 Å². The van der Waals surface area contributed by atoms with Gasteiger partial charge in [-0.05, 0) is 30.0 Å². The summed E-state index contributed by atoms with van der Waals surface area (Å²) >= 11 is 1.39. The summed E-state index contributed by atoms with van der Waals surface area (Å²) in [5.74, 6) is 0.0470. The smallest absolute Gasteiger partial charge is 0.355 e. The predicted molar refractivity (Wildman–Crippen MR) is 84.7 cm³/mol. The molecule has 3 rings (SSSR count). The Morgan fingerprint density at radius 1 is 1.45 bits per heavy atom. The molecule has 0 saturated heterocycles. The zero-order valence-corrected chi connectivity index (χ0v) is 13.0. The fraction of sp³-hybridized carbons (Fsp3) is 0.375. The van der Waals surface area contributed by atoms with Gasteiger partial charge in [0.05, 0.1) is 11.6 Å². The van der Waals surface area contributed by atoms with Gasteiger partial charge in [0.15, 0.2) is 5.69 Å². The highest BCUT2D eigenvalue weighted by Crippen LogP contribution is 2.25. The summed E-state index contributed by atoms with van der Waals surface area (Å²) in [4.78, 5) is 14.8. The standard InChI is InChI=1S/C16H18N2O3S/c19-16(20)13-10-22-15(18-13)5-6-17-9-11-3-4-14-12(8-11)2-1-7-21-14/h3-4,8,10,17H,1-2,5-7,9H2,(H,19,20). The summed E-state index contributed by atoms with van der Waals surface area (Å²) in [6.45, 7) is 2.39. The van der Waals surface area contributed by atoms with Crippen LogP contribution in [0.1, 0.15) is 33.0 Å². The van der Waals surface area contributed by atoms with Crippen molar-refractivity contribution in [1.82, 2.24) is 10.3 Å². The van der Waals surface area contributed by atoms with E-state index >= 15 is 0 Å². The number of fused-ring (bicyclic) bond motifs is 1. The summed E-state index contributed by atoms with van der Waals surface area (Å²) < 4.78 is 5.61. The lowest BCUT2D eigenvalue weighted by atomic mass is 10.0. The van der Waals surface area contributed by atoms with Gasteiger partial charge in [-0.15, -0.1) is 11.3 Å². The van der Waals surface area contributed by atoms with Crippen LogP contribution in [0.4, 0.5) is 0 Å². The highest BCUT2D eigenvalue weighted by Gasteiger charge is 2.10. The number of nitrogens with one attached hydrogen (secondary N) is 1. The van der Waals surface area contributed by atoms with E-state index in [0.717, 1.165) is 49.7 Å². The molecule has 0 spiro atoms. The summed E-state index contributed by atoms with van der Waals surface area (Å²) in [7, 11) is 0. The molecule has 1 aliphatic rings. The quantitative estimate of drug-likeness (QED) is 0.801. The highest BCUT2D eigenvalue weighted by molar-refractivity contribution is 7.09. The lowest BCUT2D eigenvalue weighted by Crippen LogP contribution is -2.17. The summed E-state index contributed by atoms with van der Waals surface area (Å²) in [6.07, 6.45) is 2.91. The maximum atomic E-state index is 10.8. The number of aromatic carboxylic acids is 1. The van der Waals surface area contributed by atoms with Crippen molar-refractivity contribution in [2.75, 3.05) is 13.2 Å². The van der Waals surface area contributed by atoms with Gasteiger partial charge in [0.25, 0.3) is 0 Å². The second kappa shape index (κ2) is 6.89. The molecule has 2 heterocycles. The Bertz CT molecular complexity index is 669. The van der Waals surface area contributed by atoms with Crippen LogP contribution in [0.2, 0.25) is 0 Å². The molecule has 0 radical (unpaired) electrons. The van der Waals surface area contributed by atoms with Crippen LogP contribution in [0.3, 0.4) is 0 Å². The first kappa shape index (κ1) is 15.0. The average molecular weight is 318 g/mol. The number of ether oxygens (including phenoxy) is 1. The second-order valence-corrected chi connectivity index (χ2v) is 6.20. The molecule has 0 unspecified atom stereocenters. The molecule has 0 aliphatic carbocycles. The Labute approximate surface area is 133 Å². The fourth-order valence-corrected chi connectivity index (χ4v) is 3.25. The van der Waals surface area contributed by atoms with Crippen molar-refractivity contribution in [2.24, 2.45) is 0 Å². The normalized spacial score (nSPS) is 13.5. The third-order valence-electron chi connectivity index (χ3n) is 3.59. The molecule has 0 fully saturated rings. The fourth-order valence-electron chi connectivity index (χ4n) is 2.48. The molecule has 0 amide bonds. The molecule has 0 bridgehead atoms. The molecule has 0 atom stereocenters. The van der Waals surface area contributed by atoms with E-state index < -0.39 is 5.97 Å². The lowest BCUT2D eigenvalue weighted by Gasteiger charge is -2.18. The van der Waals surface area contributed by atoms with Crippen LogP contribution >= 0.6 is 11.3 Å². The monoisotopic (exact) mass is 318 g/mol. The number of nitrogens with zero attached hydrogens (tertiary/aromatic N) is 1. The Morgan fingerprint density at radius 3 is 3.18 bits per heavy atom. The van der Waals surface area contributed by atoms with Crippen LogP contribution < -0.4 is 10.1 Å². The summed E-state index contributed by atoms with van der Waals surface area (Å²) in [5.41, 5.74) is 2.67. The van der Waals surface area contributed by atoms with E-state index in [1.807, 2.05) is 6.07 Å². The molecular weight excluding hydrogens is 300 g/mol. The number of aromatic nitrogens is 1. The Morgan fingerprint density at radius 2 is 2.36 bits per heavy atom. The van der Waals surface area contributed by atoms with Gasteiger partial charge < -0.3 is 15.2 Å². The van der Waals surface area contributed by atoms with Crippen molar-refractivity contribution >= 4 is 17.3 Å². The SMILES string of the molecule is O=C(O)c1csc(CCNCc2ccc3c(c2)CCCO3)n1. The van der Waals surface area contributed by atoms with Gasteiger partial charge in [-0.25, -0.2) is 9.78 Å². The molecule has 6 heteroatoms. The molecule has 22 heavy (non-hydrogen) atoms. The first-order valence-corrected chi connectivity index (χ1v) is 8.23. The minimum atomic E-state index is -0.966. The number of carbonyl (C=O) groups is 1. The zero-order valence-electron chi connectivity index (χ0n) is 12.2. The van der Waals surface area contributed by atoms with Crippen molar-refractivity contribution < 1.29 is 14.6 Å². The van der Waals surface area contributed by atoms with Crippen molar-refractivity contribution in [3.05, 3.63) is 45.4 Å². The van der Waals surface area contributed by atoms with E-state index in [0.29, 0.717) is 0 Å². The lowest BCUT2D eigenvalue weighted by molar-refractivity contribution is 0.0691. The summed E-state index contributed by atoms with van der Waals surface area (Å²) in [5, 5.41) is 14.6. The largest absolute Gasteiger partial charge is 0.493 e. The molecule has 1 aromatic heterocycles. The highest BCUT2D eigenvalue weighted by atomic mass is 32.1. The average Bonchev–Trinajstić information content (AvgIpc) is 3.00. The zero-order chi connectivity index (χ0) is 15.4. The topological polar surface area (TPSA) is 71.5 Å². The van der Waals surface area contributed by atoms with E-state index in [1.54, 1.807) is 5.38 Å². The number of carboxylic acids is 1. The van der Waals surface area contributed by atoms with Crippen LogP contribution in [0.15, 0.2) is 23.6 Å². The maximum absolute atomic E-state index is 10.8. The van der Waals surface area contributed by atoms with E-state index in [4.69, 9.17) is 9.84 Å². The number of carboxylic acid groups (broad SMARTS) is 1. The van der Waals surface area contributed by atoms with Crippen molar-refractivity contribution in [1.29, 1.82) is 0 Å². The Balaban J connectivity index is 1.47. The number of hydrogen-bond donors (Lipinski definition) is 2. The molecule has 5 nitrogen and oxygen atoms in total. The minimum absolute atomic E-state index is 0.134. The van der Waals surface area contributed by atoms with Gasteiger partial charge in [0, 0.05) is 24.9 Å². The molecule has 0 saturated carbocycles. The first-order chi connectivity index (χ1) is 10.7. The third kappa shape index (κ3) is 3.64. The van der Waals surface area contributed by atoms with Crippen LogP contribution in [-0.4, -0.2) is 29.2 Å². The van der Waals surface area contributed by atoms with Crippen LogP contribution in [0.5, 0.6) is 5.75 Å². The van der Waals surface area contributed by atoms with Crippen molar-refractivity contribution in [3.63, 3.8) is 0 Å². The number of aryl methyl sites for hydroxylation is 1. The maximum Gasteiger partial charge on any atom is 0.355 e. The van der Waals surface area contributed by atoms with Crippen molar-refractivity contribution in [3.8, 4) is 5.75 Å². The molecule has 2 N–H and O–H groups in total. The molecule has 2 aromatic rings. The van der Waals surface area contributed by atoms with E-state index in [-0.39, 0.29) is 5.69 Å². The Kier molecular flexibility index (Phi) is 4.70. The number of thiazole rings is 1. The second-order valence-electron chi connectivity index (χ2n) is 5.25. The third-order valence-corrected chi connectivity index (χ3v) is 4.50. The van der Waals surface area contributed by atoms with Crippen molar-refractivity contribution in [2.45, 2.75) is 25.8 Å². The summed E-state index contributed by atoms with van der Waals surface area (Å²) in [6, 6.07) is 6.34. The van der Waals surface area contributed by atoms with E-state index in [1.165, 1.54) is 22.5 Å². The molecular formula is C16H18N2O3S. The van der Waals surface area contributed by atoms with Crippen LogP contribution in [0, 0.1) is 0 Å². The first-order valence-electron chi connectivity index (χ1n) is 7.35. The number of benzene rings is 1. The van der Waals surface area contributed by atoms with Gasteiger partial charge in [0.2, 0.25) is 0 Å². The van der Waals surface area contributed by atoms with E-state index in [2.05, 4.69) is 22.4 Å². The van der Waals surface area contributed by atoms with Gasteiger partial charge in [-0.1, -0.05) is 12.1 Å². The van der Waals surface area contributed by atoms with Gasteiger partial charge in [-0.2, -0.15) is 0 Å². The van der Waals surface area contributed by atoms with Gasteiger partial charge in [-0.3, -0.25) is 0 Å². The van der Waals surface area contributed by atoms with Crippen LogP contribution in [0.25, 0.3) is 0 Å².